The molecule has 0 spiro atoms. The van der Waals surface area contributed by atoms with Crippen molar-refractivity contribution in [2.24, 2.45) is 5.92 Å². The van der Waals surface area contributed by atoms with Gasteiger partial charge < -0.3 is 20.3 Å². The molecule has 5 amide bonds. The number of carbonyl (C=O) groups is 5. The summed E-state index contributed by atoms with van der Waals surface area (Å²) in [5.74, 6) is 0.298. The maximum Gasteiger partial charge on any atom is 0.262 e. The van der Waals surface area contributed by atoms with E-state index >= 15 is 0 Å². The van der Waals surface area contributed by atoms with Gasteiger partial charge in [-0.15, -0.1) is 0 Å². The Balaban J connectivity index is 0.731. The smallest absolute Gasteiger partial charge is 0.262 e. The molecule has 5 aliphatic heterocycles. The van der Waals surface area contributed by atoms with Crippen LogP contribution in [-0.2, 0) is 14.4 Å². The molecule has 7 heterocycles. The molecule has 312 valence electrons. The molecule has 2 unspecified atom stereocenters. The quantitative estimate of drug-likeness (QED) is 0.200. The monoisotopic (exact) mass is 822 g/mol. The SMILES string of the molecule is Nc1ncnc2c1c(-c1ccc(Oc3ccccc3)cc1)nn2C1CCCN(C(=O)CC2CCN(C3CN(c4ccc5c(c4)C(=O)N(C4CCC(=O)NC4=O)C5=O)C3)CC2)C1. The maximum absolute atomic E-state index is 13.8. The number of benzene rings is 3. The van der Waals surface area contributed by atoms with Crippen molar-refractivity contribution in [1.82, 2.24) is 39.8 Å². The summed E-state index contributed by atoms with van der Waals surface area (Å²) in [6.45, 7) is 4.70. The third-order valence-corrected chi connectivity index (χ3v) is 13.0. The van der Waals surface area contributed by atoms with Gasteiger partial charge in [-0.1, -0.05) is 18.2 Å². The predicted octanol–water partition coefficient (Wildman–Crippen LogP) is 4.42. The molecule has 4 saturated heterocycles. The van der Waals surface area contributed by atoms with Gasteiger partial charge in [0.05, 0.1) is 22.6 Å². The van der Waals surface area contributed by atoms with Gasteiger partial charge in [-0.2, -0.15) is 5.10 Å². The van der Waals surface area contributed by atoms with Gasteiger partial charge in [0, 0.05) is 56.3 Å². The molecule has 3 aromatic carbocycles. The Morgan fingerprint density at radius 1 is 0.803 bits per heavy atom. The summed E-state index contributed by atoms with van der Waals surface area (Å²) in [5.41, 5.74) is 10.1. The Bertz CT molecular complexity index is 2550. The van der Waals surface area contributed by atoms with E-state index in [-0.39, 0.29) is 30.4 Å². The van der Waals surface area contributed by atoms with Gasteiger partial charge in [0.25, 0.3) is 11.8 Å². The van der Waals surface area contributed by atoms with Crippen LogP contribution >= 0.6 is 0 Å². The number of rotatable bonds is 9. The van der Waals surface area contributed by atoms with E-state index in [1.54, 1.807) is 12.1 Å². The average Bonchev–Trinajstić information content (AvgIpc) is 3.77. The van der Waals surface area contributed by atoms with E-state index < -0.39 is 29.7 Å². The number of hydrogen-bond acceptors (Lipinski definition) is 12. The van der Waals surface area contributed by atoms with Crippen molar-refractivity contribution in [3.05, 3.63) is 90.3 Å². The van der Waals surface area contributed by atoms with Gasteiger partial charge in [0.1, 0.15) is 35.4 Å². The van der Waals surface area contributed by atoms with Crippen LogP contribution in [0.5, 0.6) is 11.5 Å². The van der Waals surface area contributed by atoms with Crippen molar-refractivity contribution in [3.8, 4) is 22.8 Å². The van der Waals surface area contributed by atoms with Crippen LogP contribution in [0.15, 0.2) is 79.1 Å². The lowest BCUT2D eigenvalue weighted by molar-refractivity contribution is -0.136. The Kier molecular flexibility index (Phi) is 9.93. The van der Waals surface area contributed by atoms with Crippen molar-refractivity contribution < 1.29 is 28.7 Å². The molecule has 16 heteroatoms. The second kappa shape index (κ2) is 15.7. The first-order valence-corrected chi connectivity index (χ1v) is 21.1. The van der Waals surface area contributed by atoms with E-state index in [1.807, 2.05) is 70.2 Å². The summed E-state index contributed by atoms with van der Waals surface area (Å²) >= 11 is 0. The van der Waals surface area contributed by atoms with Crippen LogP contribution in [0, 0.1) is 5.92 Å². The van der Waals surface area contributed by atoms with E-state index in [0.717, 1.165) is 80.3 Å². The molecule has 10 rings (SSSR count). The van der Waals surface area contributed by atoms with Crippen LogP contribution in [-0.4, -0.2) is 115 Å². The number of aromatic nitrogens is 4. The fourth-order valence-corrected chi connectivity index (χ4v) is 9.59. The van der Waals surface area contributed by atoms with Crippen molar-refractivity contribution in [3.63, 3.8) is 0 Å². The zero-order valence-electron chi connectivity index (χ0n) is 33.6. The van der Waals surface area contributed by atoms with Crippen LogP contribution in [0.1, 0.15) is 71.7 Å². The maximum atomic E-state index is 13.8. The highest BCUT2D eigenvalue weighted by molar-refractivity contribution is 6.23. The Labute approximate surface area is 351 Å². The number of imide groups is 2. The first-order chi connectivity index (χ1) is 29.7. The highest BCUT2D eigenvalue weighted by Gasteiger charge is 2.45. The Morgan fingerprint density at radius 2 is 1.56 bits per heavy atom. The lowest BCUT2D eigenvalue weighted by Crippen LogP contribution is -2.61. The van der Waals surface area contributed by atoms with Crippen LogP contribution in [0.3, 0.4) is 0 Å². The van der Waals surface area contributed by atoms with Crippen LogP contribution in [0.25, 0.3) is 22.3 Å². The lowest BCUT2D eigenvalue weighted by Gasteiger charge is -2.48. The highest BCUT2D eigenvalue weighted by atomic mass is 16.5. The van der Waals surface area contributed by atoms with Gasteiger partial charge in [0.2, 0.25) is 17.7 Å². The summed E-state index contributed by atoms with van der Waals surface area (Å²) < 4.78 is 7.94. The molecule has 3 N–H and O–H groups in total. The predicted molar refractivity (Wildman–Crippen MR) is 225 cm³/mol. The number of hydrogen-bond donors (Lipinski definition) is 2. The number of piperidine rings is 3. The average molecular weight is 823 g/mol. The van der Waals surface area contributed by atoms with Crippen LogP contribution < -0.4 is 20.7 Å². The van der Waals surface area contributed by atoms with Gasteiger partial charge >= 0.3 is 0 Å². The number of amides is 5. The Hall–Kier alpha value is -6.68. The molecule has 16 nitrogen and oxygen atoms in total. The molecular formula is C45H46N10O6. The summed E-state index contributed by atoms with van der Waals surface area (Å²) in [6, 6.07) is 22.0. The van der Waals surface area contributed by atoms with Crippen LogP contribution in [0.4, 0.5) is 11.5 Å². The van der Waals surface area contributed by atoms with Crippen LogP contribution in [0.2, 0.25) is 0 Å². The summed E-state index contributed by atoms with van der Waals surface area (Å²) in [5, 5.41) is 8.01. The highest BCUT2D eigenvalue weighted by Crippen LogP contribution is 2.37. The van der Waals surface area contributed by atoms with Gasteiger partial charge in [-0.25, -0.2) is 14.6 Å². The number of para-hydroxylation sites is 1. The molecule has 0 bridgehead atoms. The molecule has 5 aliphatic rings. The standard InChI is InChI=1S/C45H46N10O6/c46-41-39-40(28-8-11-33(12-9-28)61-32-6-2-1-3-7-32)50-55(42(39)48-26-47-41)30-5-4-18-52(23-30)38(57)21-27-16-19-51(20-17-27)31-24-53(25-31)29-10-13-34-35(22-29)45(60)54(44(34)59)36-14-15-37(56)49-43(36)58/h1-3,6-13,22,26-27,30-31,36H,4-5,14-21,23-25H2,(H2,46,47,48)(H,49,56,58). The number of likely N-dealkylation sites (tertiary alicyclic amines) is 2. The summed E-state index contributed by atoms with van der Waals surface area (Å²) in [4.78, 5) is 81.0. The van der Waals surface area contributed by atoms with Crippen molar-refractivity contribution in [1.29, 1.82) is 0 Å². The molecule has 5 aromatic rings. The second-order valence-electron chi connectivity index (χ2n) is 16.7. The van der Waals surface area contributed by atoms with Crippen molar-refractivity contribution in [2.75, 3.05) is 49.9 Å². The second-order valence-corrected chi connectivity index (χ2v) is 16.7. The summed E-state index contributed by atoms with van der Waals surface area (Å²) in [7, 11) is 0. The molecule has 0 radical (unpaired) electrons. The minimum absolute atomic E-state index is 0.0547. The first-order valence-electron chi connectivity index (χ1n) is 21.1. The number of nitrogens with zero attached hydrogens (tertiary/aromatic N) is 8. The van der Waals surface area contributed by atoms with E-state index in [0.29, 0.717) is 58.8 Å². The molecule has 4 fully saturated rings. The fourth-order valence-electron chi connectivity index (χ4n) is 9.59. The Morgan fingerprint density at radius 3 is 2.33 bits per heavy atom. The first kappa shape index (κ1) is 38.5. The van der Waals surface area contributed by atoms with E-state index in [4.69, 9.17) is 15.6 Å². The number of nitrogen functional groups attached to an aromatic ring is 1. The minimum Gasteiger partial charge on any atom is -0.457 e. The number of ether oxygens (including phenoxy) is 1. The van der Waals surface area contributed by atoms with E-state index in [9.17, 15) is 24.0 Å². The zero-order valence-corrected chi connectivity index (χ0v) is 33.6. The number of anilines is 2. The number of nitrogens with one attached hydrogen (secondary N) is 1. The van der Waals surface area contributed by atoms with E-state index in [1.165, 1.54) is 6.33 Å². The largest absolute Gasteiger partial charge is 0.457 e. The molecule has 61 heavy (non-hydrogen) atoms. The molecule has 2 aromatic heterocycles. The van der Waals surface area contributed by atoms with E-state index in [2.05, 4.69) is 25.1 Å². The van der Waals surface area contributed by atoms with Crippen molar-refractivity contribution >= 4 is 52.1 Å². The minimum atomic E-state index is -0.985. The lowest BCUT2D eigenvalue weighted by atomic mass is 9.90. The summed E-state index contributed by atoms with van der Waals surface area (Å²) in [6.07, 6.45) is 5.82. The van der Waals surface area contributed by atoms with Gasteiger partial charge in [-0.05, 0) is 106 Å². The van der Waals surface area contributed by atoms with Gasteiger partial charge in [0.15, 0.2) is 5.65 Å². The third-order valence-electron chi connectivity index (χ3n) is 13.0. The topological polar surface area (TPSA) is 189 Å². The number of nitrogens with two attached hydrogens (primary N) is 1. The zero-order chi connectivity index (χ0) is 41.8. The molecule has 2 atom stereocenters. The fraction of sp³-hybridized carbons (Fsp3) is 0.378. The third kappa shape index (κ3) is 7.23. The number of carbonyl (C=O) groups excluding carboxylic acids is 5. The molecule has 0 aliphatic carbocycles. The number of fused-ring (bicyclic) bond motifs is 2. The molecule has 0 saturated carbocycles. The normalized spacial score (nSPS) is 21.5. The van der Waals surface area contributed by atoms with Gasteiger partial charge in [-0.3, -0.25) is 39.1 Å². The molecular weight excluding hydrogens is 777 g/mol. The van der Waals surface area contributed by atoms with Crippen molar-refractivity contribution in [2.45, 2.75) is 63.1 Å².